The highest BCUT2D eigenvalue weighted by atomic mass is 16.5. The van der Waals surface area contributed by atoms with Gasteiger partial charge in [0.25, 0.3) is 5.91 Å². The molecule has 0 saturated carbocycles. The number of anilines is 1. The number of aryl methyl sites for hydroxylation is 2. The number of ketones is 2. The maximum absolute atomic E-state index is 14.1. The standard InChI is InChI=1S/C40H44N2O4/c1-25-12-13-26(2)30(18-25)41-35(45)24-46-29-16-14-28(15-17-29)36-37-31(19-39(3,4)21-33(37)43)42(23-27-10-8-7-9-11-27)32-20-40(5,6)22-34(44)38(32)36/h7-18,36H,19-24H2,1-6H3,(H,41,45). The van der Waals surface area contributed by atoms with E-state index in [4.69, 9.17) is 4.74 Å². The second kappa shape index (κ2) is 12.1. The van der Waals surface area contributed by atoms with Gasteiger partial charge in [-0.25, -0.2) is 0 Å². The predicted octanol–water partition coefficient (Wildman–Crippen LogP) is 8.21. The summed E-state index contributed by atoms with van der Waals surface area (Å²) in [6.07, 6.45) is 2.42. The van der Waals surface area contributed by atoms with Gasteiger partial charge in [0, 0.05) is 53.5 Å². The molecule has 3 aromatic carbocycles. The highest BCUT2D eigenvalue weighted by molar-refractivity contribution is 6.06. The molecule has 0 bridgehead atoms. The van der Waals surface area contributed by atoms with Crippen LogP contribution in [0.4, 0.5) is 5.69 Å². The minimum atomic E-state index is -0.425. The molecule has 46 heavy (non-hydrogen) atoms. The number of allylic oxidation sites excluding steroid dienone is 4. The second-order valence-corrected chi connectivity index (χ2v) is 14.8. The Morgan fingerprint density at radius 3 is 1.98 bits per heavy atom. The fraction of sp³-hybridized carbons (Fsp3) is 0.375. The monoisotopic (exact) mass is 616 g/mol. The molecular weight excluding hydrogens is 572 g/mol. The summed E-state index contributed by atoms with van der Waals surface area (Å²) in [7, 11) is 0. The molecule has 0 fully saturated rings. The van der Waals surface area contributed by atoms with Gasteiger partial charge >= 0.3 is 0 Å². The Balaban J connectivity index is 1.34. The maximum atomic E-state index is 14.1. The zero-order chi connectivity index (χ0) is 32.8. The summed E-state index contributed by atoms with van der Waals surface area (Å²) in [4.78, 5) is 43.2. The molecular formula is C40H44N2O4. The molecule has 0 unspecified atom stereocenters. The normalized spacial score (nSPS) is 19.1. The number of nitrogens with zero attached hydrogens (tertiary/aromatic N) is 1. The summed E-state index contributed by atoms with van der Waals surface area (Å²) >= 11 is 0. The van der Waals surface area contributed by atoms with Gasteiger partial charge in [0.05, 0.1) is 0 Å². The van der Waals surface area contributed by atoms with Crippen molar-refractivity contribution in [2.75, 3.05) is 11.9 Å². The van der Waals surface area contributed by atoms with Gasteiger partial charge < -0.3 is 15.0 Å². The number of carbonyl (C=O) groups excluding carboxylic acids is 3. The van der Waals surface area contributed by atoms with Crippen molar-refractivity contribution in [1.82, 2.24) is 4.90 Å². The highest BCUT2D eigenvalue weighted by Gasteiger charge is 2.48. The van der Waals surface area contributed by atoms with Crippen molar-refractivity contribution < 1.29 is 19.1 Å². The van der Waals surface area contributed by atoms with Crippen LogP contribution in [0.15, 0.2) is 95.3 Å². The highest BCUT2D eigenvalue weighted by Crippen LogP contribution is 2.54. The number of hydrogen-bond acceptors (Lipinski definition) is 5. The quantitative estimate of drug-likeness (QED) is 0.290. The lowest BCUT2D eigenvalue weighted by Crippen LogP contribution is -2.44. The van der Waals surface area contributed by atoms with Gasteiger partial charge in [-0.05, 0) is 78.0 Å². The van der Waals surface area contributed by atoms with E-state index in [1.807, 2.05) is 74.5 Å². The molecule has 6 heteroatoms. The second-order valence-electron chi connectivity index (χ2n) is 14.8. The molecule has 1 heterocycles. The van der Waals surface area contributed by atoms with Crippen LogP contribution >= 0.6 is 0 Å². The van der Waals surface area contributed by atoms with Crippen LogP contribution in [0.1, 0.15) is 81.5 Å². The molecule has 2 aliphatic carbocycles. The van der Waals surface area contributed by atoms with Crippen molar-refractivity contribution in [3.63, 3.8) is 0 Å². The van der Waals surface area contributed by atoms with E-state index in [1.165, 1.54) is 0 Å². The number of amides is 1. The zero-order valence-electron chi connectivity index (χ0n) is 27.8. The lowest BCUT2D eigenvalue weighted by Gasteiger charge is -2.49. The fourth-order valence-corrected chi connectivity index (χ4v) is 7.30. The van der Waals surface area contributed by atoms with Gasteiger partial charge in [0.2, 0.25) is 0 Å². The van der Waals surface area contributed by atoms with E-state index in [1.54, 1.807) is 0 Å². The van der Waals surface area contributed by atoms with Gasteiger partial charge in [-0.1, -0.05) is 82.3 Å². The number of Topliss-reactive ketones (excluding diaryl/α,β-unsaturated/α-hetero) is 2. The molecule has 6 rings (SSSR count). The topological polar surface area (TPSA) is 75.7 Å². The van der Waals surface area contributed by atoms with Crippen molar-refractivity contribution in [2.45, 2.75) is 79.7 Å². The van der Waals surface area contributed by atoms with Crippen LogP contribution in [0.5, 0.6) is 5.75 Å². The summed E-state index contributed by atoms with van der Waals surface area (Å²) in [5.41, 5.74) is 8.10. The van der Waals surface area contributed by atoms with Gasteiger partial charge in [-0.15, -0.1) is 0 Å². The third-order valence-corrected chi connectivity index (χ3v) is 9.46. The van der Waals surface area contributed by atoms with E-state index >= 15 is 0 Å². The zero-order valence-corrected chi connectivity index (χ0v) is 27.8. The van der Waals surface area contributed by atoms with Crippen molar-refractivity contribution in [2.24, 2.45) is 10.8 Å². The van der Waals surface area contributed by atoms with Crippen LogP contribution < -0.4 is 10.1 Å². The van der Waals surface area contributed by atoms with Gasteiger partial charge in [-0.2, -0.15) is 0 Å². The molecule has 1 amide bonds. The van der Waals surface area contributed by atoms with Crippen LogP contribution in [0.3, 0.4) is 0 Å². The number of rotatable bonds is 7. The summed E-state index contributed by atoms with van der Waals surface area (Å²) in [6, 6.07) is 23.8. The molecule has 238 valence electrons. The van der Waals surface area contributed by atoms with E-state index in [-0.39, 0.29) is 34.9 Å². The Hall–Kier alpha value is -4.45. The summed E-state index contributed by atoms with van der Waals surface area (Å²) in [5, 5.41) is 2.94. The number of carbonyl (C=O) groups is 3. The SMILES string of the molecule is Cc1ccc(C)c(NC(=O)COc2ccc(C3C4=C(CC(C)(C)CC4=O)N(Cc4ccccc4)C4=C3C(=O)CC(C)(C)C4)cc2)c1. The first kappa shape index (κ1) is 31.5. The van der Waals surface area contributed by atoms with Gasteiger partial charge in [0.1, 0.15) is 5.75 Å². The molecule has 0 radical (unpaired) electrons. The van der Waals surface area contributed by atoms with E-state index in [2.05, 4.69) is 50.0 Å². The summed E-state index contributed by atoms with van der Waals surface area (Å²) in [6.45, 7) is 13.1. The Bertz CT molecular complexity index is 1710. The molecule has 1 aliphatic heterocycles. The number of hydrogen-bond donors (Lipinski definition) is 1. The van der Waals surface area contributed by atoms with E-state index < -0.39 is 5.92 Å². The number of benzene rings is 3. The average molecular weight is 617 g/mol. The molecule has 0 atom stereocenters. The third-order valence-electron chi connectivity index (χ3n) is 9.46. The molecule has 6 nitrogen and oxygen atoms in total. The molecule has 1 N–H and O–H groups in total. The number of nitrogens with one attached hydrogen (secondary N) is 1. The van der Waals surface area contributed by atoms with E-state index in [0.717, 1.165) is 63.3 Å². The molecule has 0 aromatic heterocycles. The van der Waals surface area contributed by atoms with Crippen LogP contribution in [0.25, 0.3) is 0 Å². The predicted molar refractivity (Wildman–Crippen MR) is 181 cm³/mol. The van der Waals surface area contributed by atoms with Crippen molar-refractivity contribution >= 4 is 23.2 Å². The van der Waals surface area contributed by atoms with Crippen molar-refractivity contribution in [1.29, 1.82) is 0 Å². The molecule has 0 spiro atoms. The van der Waals surface area contributed by atoms with Crippen molar-refractivity contribution in [3.05, 3.63) is 118 Å². The van der Waals surface area contributed by atoms with Gasteiger partial charge in [-0.3, -0.25) is 14.4 Å². The minimum absolute atomic E-state index is 0.113. The third kappa shape index (κ3) is 6.44. The average Bonchev–Trinajstić information content (AvgIpc) is 2.98. The van der Waals surface area contributed by atoms with Crippen molar-refractivity contribution in [3.8, 4) is 5.75 Å². The van der Waals surface area contributed by atoms with Crippen LogP contribution in [0, 0.1) is 24.7 Å². The molecule has 3 aromatic rings. The fourth-order valence-electron chi connectivity index (χ4n) is 7.30. The first-order valence-electron chi connectivity index (χ1n) is 16.2. The Morgan fingerprint density at radius 2 is 1.39 bits per heavy atom. The van der Waals surface area contributed by atoms with Gasteiger partial charge in [0.15, 0.2) is 18.2 Å². The lowest BCUT2D eigenvalue weighted by atomic mass is 9.63. The molecule has 3 aliphatic rings. The van der Waals surface area contributed by atoms with Crippen LogP contribution in [-0.2, 0) is 20.9 Å². The first-order chi connectivity index (χ1) is 21.8. The Morgan fingerprint density at radius 1 is 0.804 bits per heavy atom. The number of ether oxygens (including phenoxy) is 1. The first-order valence-corrected chi connectivity index (χ1v) is 16.2. The molecule has 0 saturated heterocycles. The summed E-state index contributed by atoms with van der Waals surface area (Å²) in [5.74, 6) is 0.116. The van der Waals surface area contributed by atoms with Crippen LogP contribution in [-0.4, -0.2) is 29.0 Å². The minimum Gasteiger partial charge on any atom is -0.484 e. The van der Waals surface area contributed by atoms with E-state index in [9.17, 15) is 14.4 Å². The lowest BCUT2D eigenvalue weighted by molar-refractivity contribution is -0.120. The summed E-state index contributed by atoms with van der Waals surface area (Å²) < 4.78 is 5.87. The van der Waals surface area contributed by atoms with Crippen LogP contribution in [0.2, 0.25) is 0 Å². The smallest absolute Gasteiger partial charge is 0.262 e. The maximum Gasteiger partial charge on any atom is 0.262 e. The van der Waals surface area contributed by atoms with E-state index in [0.29, 0.717) is 25.1 Å². The Labute approximate surface area is 272 Å². The Kier molecular flexibility index (Phi) is 8.26. The largest absolute Gasteiger partial charge is 0.484 e.